The Labute approximate surface area is 142 Å². The second kappa shape index (κ2) is 8.84. The molecule has 1 saturated heterocycles. The number of hydrogen-bond donors (Lipinski definition) is 1. The van der Waals surface area contributed by atoms with Gasteiger partial charge in [-0.15, -0.1) is 0 Å². The summed E-state index contributed by atoms with van der Waals surface area (Å²) in [6, 6.07) is 1.74. The maximum Gasteiger partial charge on any atom is 0.257 e. The molecular formula is C17H26N2O5. The molecule has 0 radical (unpaired) electrons. The van der Waals surface area contributed by atoms with E-state index in [0.717, 1.165) is 19.4 Å². The molecule has 0 aliphatic carbocycles. The highest BCUT2D eigenvalue weighted by molar-refractivity contribution is 5.95. The summed E-state index contributed by atoms with van der Waals surface area (Å²) in [6.07, 6.45) is 2.13. The van der Waals surface area contributed by atoms with Gasteiger partial charge in [0.15, 0.2) is 0 Å². The monoisotopic (exact) mass is 338 g/mol. The van der Waals surface area contributed by atoms with Crippen LogP contribution in [-0.2, 0) is 14.4 Å². The normalized spacial score (nSPS) is 17.0. The minimum Gasteiger partial charge on any atom is -0.466 e. The number of furan rings is 1. The largest absolute Gasteiger partial charge is 0.466 e. The maximum atomic E-state index is 12.8. The van der Waals surface area contributed by atoms with Gasteiger partial charge in [-0.2, -0.15) is 0 Å². The fourth-order valence-electron chi connectivity index (χ4n) is 2.76. The first-order valence-corrected chi connectivity index (χ1v) is 8.39. The number of aryl methyl sites for hydroxylation is 2. The van der Waals surface area contributed by atoms with Gasteiger partial charge in [-0.3, -0.25) is 14.4 Å². The Kier molecular flexibility index (Phi) is 6.81. The van der Waals surface area contributed by atoms with Gasteiger partial charge in [-0.05, 0) is 39.7 Å². The quantitative estimate of drug-likeness (QED) is 0.733. The van der Waals surface area contributed by atoms with Crippen LogP contribution in [0, 0.1) is 13.8 Å². The third-order valence-electron chi connectivity index (χ3n) is 3.95. The topological polar surface area (TPSA) is 81.0 Å². The number of rotatable bonds is 8. The van der Waals surface area contributed by atoms with Crippen molar-refractivity contribution in [3.05, 3.63) is 23.2 Å². The molecule has 2 heterocycles. The lowest BCUT2D eigenvalue weighted by atomic mass is 10.1. The van der Waals surface area contributed by atoms with E-state index in [-0.39, 0.29) is 24.3 Å². The number of amides is 2. The molecule has 0 saturated carbocycles. The number of hydroxylamine groups is 1. The molecule has 0 spiro atoms. The highest BCUT2D eigenvalue weighted by Gasteiger charge is 2.26. The van der Waals surface area contributed by atoms with Gasteiger partial charge in [0.05, 0.1) is 18.3 Å². The van der Waals surface area contributed by atoms with Gasteiger partial charge in [0.1, 0.15) is 11.5 Å². The summed E-state index contributed by atoms with van der Waals surface area (Å²) < 4.78 is 11.1. The molecule has 0 bridgehead atoms. The molecule has 134 valence electrons. The molecule has 1 N–H and O–H groups in total. The minimum atomic E-state index is -0.248. The smallest absolute Gasteiger partial charge is 0.257 e. The van der Waals surface area contributed by atoms with E-state index in [1.54, 1.807) is 24.8 Å². The lowest BCUT2D eigenvalue weighted by Gasteiger charge is -2.25. The van der Waals surface area contributed by atoms with Crippen LogP contribution in [0.3, 0.4) is 0 Å². The maximum absolute atomic E-state index is 12.8. The summed E-state index contributed by atoms with van der Waals surface area (Å²) >= 11 is 0. The molecule has 1 fully saturated rings. The van der Waals surface area contributed by atoms with Crippen LogP contribution < -0.4 is 5.48 Å². The number of carbonyl (C=O) groups excluding carboxylic acids is 2. The molecular weight excluding hydrogens is 312 g/mol. The fourth-order valence-corrected chi connectivity index (χ4v) is 2.76. The van der Waals surface area contributed by atoms with E-state index in [1.165, 1.54) is 0 Å². The van der Waals surface area contributed by atoms with Crippen molar-refractivity contribution in [3.8, 4) is 0 Å². The van der Waals surface area contributed by atoms with Crippen LogP contribution in [-0.4, -0.2) is 49.1 Å². The Morgan fingerprint density at radius 1 is 1.42 bits per heavy atom. The van der Waals surface area contributed by atoms with Gasteiger partial charge in [-0.1, -0.05) is 0 Å². The minimum absolute atomic E-state index is 0.0252. The van der Waals surface area contributed by atoms with Gasteiger partial charge in [0.2, 0.25) is 5.91 Å². The molecule has 1 atom stereocenters. The Morgan fingerprint density at radius 3 is 2.79 bits per heavy atom. The van der Waals surface area contributed by atoms with Crippen molar-refractivity contribution in [1.29, 1.82) is 0 Å². The van der Waals surface area contributed by atoms with Crippen LogP contribution >= 0.6 is 0 Å². The van der Waals surface area contributed by atoms with Gasteiger partial charge in [0, 0.05) is 26.1 Å². The lowest BCUT2D eigenvalue weighted by molar-refractivity contribution is -0.133. The van der Waals surface area contributed by atoms with Crippen LogP contribution in [0.15, 0.2) is 10.5 Å². The van der Waals surface area contributed by atoms with Crippen molar-refractivity contribution >= 4 is 11.8 Å². The van der Waals surface area contributed by atoms with Crippen molar-refractivity contribution in [2.75, 3.05) is 26.3 Å². The van der Waals surface area contributed by atoms with E-state index < -0.39 is 0 Å². The third-order valence-corrected chi connectivity index (χ3v) is 3.95. The highest BCUT2D eigenvalue weighted by atomic mass is 16.6. The first-order valence-electron chi connectivity index (χ1n) is 8.39. The molecule has 0 aromatic carbocycles. The van der Waals surface area contributed by atoms with Crippen LogP contribution in [0.4, 0.5) is 0 Å². The molecule has 1 aliphatic rings. The molecule has 1 aromatic rings. The number of carbonyl (C=O) groups is 2. The lowest BCUT2D eigenvalue weighted by Crippen LogP contribution is -2.40. The zero-order chi connectivity index (χ0) is 17.5. The molecule has 1 unspecified atom stereocenters. The van der Waals surface area contributed by atoms with E-state index >= 15 is 0 Å². The predicted octanol–water partition coefficient (Wildman–Crippen LogP) is 1.98. The summed E-state index contributed by atoms with van der Waals surface area (Å²) in [5.74, 6) is 0.904. The zero-order valence-corrected chi connectivity index (χ0v) is 14.6. The first kappa shape index (κ1) is 18.5. The summed E-state index contributed by atoms with van der Waals surface area (Å²) in [7, 11) is 0. The number of nitrogens with zero attached hydrogens (tertiary/aromatic N) is 1. The van der Waals surface area contributed by atoms with Crippen molar-refractivity contribution < 1.29 is 23.6 Å². The zero-order valence-electron chi connectivity index (χ0n) is 14.6. The SMILES string of the molecule is CCONC(=O)CCN(CC1CCCO1)C(=O)c1cc(C)oc1C. The number of nitrogens with one attached hydrogen (secondary N) is 1. The van der Waals surface area contributed by atoms with Crippen molar-refractivity contribution in [1.82, 2.24) is 10.4 Å². The van der Waals surface area contributed by atoms with Gasteiger partial charge < -0.3 is 14.1 Å². The van der Waals surface area contributed by atoms with Gasteiger partial charge in [-0.25, -0.2) is 5.48 Å². The average Bonchev–Trinajstić information content (AvgIpc) is 3.17. The van der Waals surface area contributed by atoms with Crippen molar-refractivity contribution in [2.45, 2.75) is 46.1 Å². The highest BCUT2D eigenvalue weighted by Crippen LogP contribution is 2.19. The van der Waals surface area contributed by atoms with E-state index in [0.29, 0.717) is 36.8 Å². The van der Waals surface area contributed by atoms with E-state index in [9.17, 15) is 9.59 Å². The summed E-state index contributed by atoms with van der Waals surface area (Å²) in [5, 5.41) is 0. The van der Waals surface area contributed by atoms with E-state index in [2.05, 4.69) is 5.48 Å². The predicted molar refractivity (Wildman–Crippen MR) is 87.4 cm³/mol. The van der Waals surface area contributed by atoms with Crippen LogP contribution in [0.25, 0.3) is 0 Å². The molecule has 1 aromatic heterocycles. The Hall–Kier alpha value is -1.86. The second-order valence-corrected chi connectivity index (χ2v) is 5.92. The summed E-state index contributed by atoms with van der Waals surface area (Å²) in [5.41, 5.74) is 2.89. The first-order chi connectivity index (χ1) is 11.5. The summed E-state index contributed by atoms with van der Waals surface area (Å²) in [6.45, 7) is 7.28. The fraction of sp³-hybridized carbons (Fsp3) is 0.647. The van der Waals surface area contributed by atoms with Crippen LogP contribution in [0.2, 0.25) is 0 Å². The summed E-state index contributed by atoms with van der Waals surface area (Å²) in [4.78, 5) is 31.1. The standard InChI is InChI=1S/C17H26N2O5/c1-4-23-18-16(20)7-8-19(11-14-6-5-9-22-14)17(21)15-10-12(2)24-13(15)3/h10,14H,4-9,11H2,1-3H3,(H,18,20). The molecule has 7 heteroatoms. The average molecular weight is 338 g/mol. The number of hydrogen-bond acceptors (Lipinski definition) is 5. The van der Waals surface area contributed by atoms with E-state index in [4.69, 9.17) is 14.0 Å². The van der Waals surface area contributed by atoms with Gasteiger partial charge in [0.25, 0.3) is 5.91 Å². The second-order valence-electron chi connectivity index (χ2n) is 5.92. The van der Waals surface area contributed by atoms with Crippen molar-refractivity contribution in [2.24, 2.45) is 0 Å². The molecule has 2 rings (SSSR count). The van der Waals surface area contributed by atoms with Crippen LogP contribution in [0.1, 0.15) is 48.1 Å². The Morgan fingerprint density at radius 2 is 2.21 bits per heavy atom. The third kappa shape index (κ3) is 5.07. The number of ether oxygens (including phenoxy) is 1. The molecule has 7 nitrogen and oxygen atoms in total. The van der Waals surface area contributed by atoms with E-state index in [1.807, 2.05) is 6.92 Å². The molecule has 1 aliphatic heterocycles. The van der Waals surface area contributed by atoms with Gasteiger partial charge >= 0.3 is 0 Å². The van der Waals surface area contributed by atoms with Crippen LogP contribution in [0.5, 0.6) is 0 Å². The van der Waals surface area contributed by atoms with Crippen molar-refractivity contribution in [3.63, 3.8) is 0 Å². The Bertz CT molecular complexity index is 563. The Balaban J connectivity index is 2.02. The molecule has 24 heavy (non-hydrogen) atoms. The molecule has 2 amide bonds.